The maximum absolute atomic E-state index is 5.75. The molecule has 1 nitrogen and oxygen atoms in total. The molecule has 14 heavy (non-hydrogen) atoms. The number of benzene rings is 1. The van der Waals surface area contributed by atoms with Crippen molar-refractivity contribution in [3.8, 4) is 0 Å². The second-order valence-electron chi connectivity index (χ2n) is 3.63. The van der Waals surface area contributed by atoms with E-state index in [-0.39, 0.29) is 12.4 Å². The smallest absolute Gasteiger partial charge is 0.0210 e. The standard InChI is InChI=1S/C11H14BrN.ClH/c12-11-6-2-4-9-8(7-13)3-1-5-10(9)11;/h2,4,6,8H,1,3,5,7,13H2;1H. The molecule has 78 valence electrons. The van der Waals surface area contributed by atoms with Gasteiger partial charge in [0.05, 0.1) is 0 Å². The monoisotopic (exact) mass is 275 g/mol. The van der Waals surface area contributed by atoms with Gasteiger partial charge in [-0.25, -0.2) is 0 Å². The molecule has 0 saturated heterocycles. The van der Waals surface area contributed by atoms with Gasteiger partial charge < -0.3 is 5.73 Å². The van der Waals surface area contributed by atoms with E-state index in [1.807, 2.05) is 0 Å². The highest BCUT2D eigenvalue weighted by Gasteiger charge is 2.19. The average molecular weight is 277 g/mol. The first-order valence-corrected chi connectivity index (χ1v) is 5.59. The molecule has 0 amide bonds. The summed E-state index contributed by atoms with van der Waals surface area (Å²) in [5.74, 6) is 0.584. The molecule has 1 atom stereocenters. The second-order valence-corrected chi connectivity index (χ2v) is 4.49. The number of halogens is 2. The fraction of sp³-hybridized carbons (Fsp3) is 0.455. The highest BCUT2D eigenvalue weighted by molar-refractivity contribution is 9.10. The number of hydrogen-bond acceptors (Lipinski definition) is 1. The van der Waals surface area contributed by atoms with Crippen LogP contribution >= 0.6 is 28.3 Å². The van der Waals surface area contributed by atoms with Crippen molar-refractivity contribution in [2.75, 3.05) is 6.54 Å². The van der Waals surface area contributed by atoms with E-state index in [1.165, 1.54) is 34.9 Å². The van der Waals surface area contributed by atoms with E-state index in [1.54, 1.807) is 0 Å². The molecule has 2 rings (SSSR count). The first-order valence-electron chi connectivity index (χ1n) is 4.80. The molecule has 1 aromatic rings. The number of fused-ring (bicyclic) bond motifs is 1. The number of nitrogens with two attached hydrogens (primary N) is 1. The highest BCUT2D eigenvalue weighted by Crippen LogP contribution is 2.34. The molecule has 0 spiro atoms. The molecule has 0 aromatic heterocycles. The zero-order valence-corrected chi connectivity index (χ0v) is 10.4. The van der Waals surface area contributed by atoms with Crippen LogP contribution in [0.2, 0.25) is 0 Å². The van der Waals surface area contributed by atoms with E-state index in [0.717, 1.165) is 6.54 Å². The molecule has 3 heteroatoms. The van der Waals surface area contributed by atoms with E-state index in [0.29, 0.717) is 5.92 Å². The molecular weight excluding hydrogens is 261 g/mol. The molecule has 0 fully saturated rings. The van der Waals surface area contributed by atoms with Crippen LogP contribution in [0.3, 0.4) is 0 Å². The molecule has 0 saturated carbocycles. The van der Waals surface area contributed by atoms with Crippen LogP contribution in [0.5, 0.6) is 0 Å². The fourth-order valence-electron chi connectivity index (χ4n) is 2.15. The van der Waals surface area contributed by atoms with Crippen LogP contribution in [-0.4, -0.2) is 6.54 Å². The van der Waals surface area contributed by atoms with Crippen molar-refractivity contribution >= 4 is 28.3 Å². The van der Waals surface area contributed by atoms with Crippen molar-refractivity contribution in [3.63, 3.8) is 0 Å². The fourth-order valence-corrected chi connectivity index (χ4v) is 2.73. The van der Waals surface area contributed by atoms with Crippen LogP contribution in [0, 0.1) is 0 Å². The lowest BCUT2D eigenvalue weighted by molar-refractivity contribution is 0.559. The van der Waals surface area contributed by atoms with Gasteiger partial charge in [-0.2, -0.15) is 0 Å². The minimum Gasteiger partial charge on any atom is -0.330 e. The molecule has 0 radical (unpaired) electrons. The maximum atomic E-state index is 5.75. The normalized spacial score (nSPS) is 19.7. The van der Waals surface area contributed by atoms with Gasteiger partial charge in [0.15, 0.2) is 0 Å². The molecule has 1 aliphatic carbocycles. The van der Waals surface area contributed by atoms with Gasteiger partial charge >= 0.3 is 0 Å². The first kappa shape index (κ1) is 12.0. The zero-order chi connectivity index (χ0) is 9.26. The van der Waals surface area contributed by atoms with Gasteiger partial charge in [-0.15, -0.1) is 12.4 Å². The summed E-state index contributed by atoms with van der Waals surface area (Å²) in [6.07, 6.45) is 3.73. The minimum atomic E-state index is 0. The van der Waals surface area contributed by atoms with Crippen molar-refractivity contribution in [2.24, 2.45) is 5.73 Å². The SMILES string of the molecule is Cl.NCC1CCCc2c(Br)cccc21. The molecule has 0 bridgehead atoms. The van der Waals surface area contributed by atoms with Gasteiger partial charge in [0.1, 0.15) is 0 Å². The molecular formula is C11H15BrClN. The van der Waals surface area contributed by atoms with Gasteiger partial charge in [-0.1, -0.05) is 28.1 Å². The van der Waals surface area contributed by atoms with Gasteiger partial charge in [-0.3, -0.25) is 0 Å². The van der Waals surface area contributed by atoms with Crippen LogP contribution in [0.25, 0.3) is 0 Å². The summed E-state index contributed by atoms with van der Waals surface area (Å²) in [7, 11) is 0. The molecule has 1 aliphatic rings. The summed E-state index contributed by atoms with van der Waals surface area (Å²) in [4.78, 5) is 0. The largest absolute Gasteiger partial charge is 0.330 e. The minimum absolute atomic E-state index is 0. The summed E-state index contributed by atoms with van der Waals surface area (Å²) in [6.45, 7) is 0.781. The summed E-state index contributed by atoms with van der Waals surface area (Å²) in [5.41, 5.74) is 8.69. The molecule has 1 aromatic carbocycles. The molecule has 0 heterocycles. The maximum Gasteiger partial charge on any atom is 0.0210 e. The predicted molar refractivity (Wildman–Crippen MR) is 66.1 cm³/mol. The third kappa shape index (κ3) is 2.13. The van der Waals surface area contributed by atoms with Gasteiger partial charge in [-0.05, 0) is 48.9 Å². The Morgan fingerprint density at radius 1 is 1.43 bits per heavy atom. The van der Waals surface area contributed by atoms with Crippen LogP contribution < -0.4 is 5.73 Å². The Morgan fingerprint density at radius 2 is 2.21 bits per heavy atom. The lowest BCUT2D eigenvalue weighted by Gasteiger charge is -2.25. The Labute approximate surface area is 99.6 Å². The third-order valence-corrected chi connectivity index (χ3v) is 3.60. The van der Waals surface area contributed by atoms with Crippen molar-refractivity contribution < 1.29 is 0 Å². The van der Waals surface area contributed by atoms with Crippen LogP contribution in [0.4, 0.5) is 0 Å². The second kappa shape index (κ2) is 5.15. The quantitative estimate of drug-likeness (QED) is 0.837. The lowest BCUT2D eigenvalue weighted by atomic mass is 9.83. The Balaban J connectivity index is 0.000000980. The van der Waals surface area contributed by atoms with Gasteiger partial charge in [0, 0.05) is 4.47 Å². The van der Waals surface area contributed by atoms with E-state index in [9.17, 15) is 0 Å². The summed E-state index contributed by atoms with van der Waals surface area (Å²) < 4.78 is 1.25. The lowest BCUT2D eigenvalue weighted by Crippen LogP contribution is -2.18. The van der Waals surface area contributed by atoms with Crippen molar-refractivity contribution in [2.45, 2.75) is 25.2 Å². The summed E-state index contributed by atoms with van der Waals surface area (Å²) in [5, 5.41) is 0. The predicted octanol–water partition coefficient (Wildman–Crippen LogP) is 3.25. The number of rotatable bonds is 1. The Morgan fingerprint density at radius 3 is 2.93 bits per heavy atom. The van der Waals surface area contributed by atoms with Crippen LogP contribution in [0.1, 0.15) is 29.9 Å². The van der Waals surface area contributed by atoms with Crippen molar-refractivity contribution in [1.82, 2.24) is 0 Å². The van der Waals surface area contributed by atoms with E-state index < -0.39 is 0 Å². The Bertz CT molecular complexity index is 314. The Hall–Kier alpha value is -0.0500. The van der Waals surface area contributed by atoms with Crippen LogP contribution in [-0.2, 0) is 6.42 Å². The summed E-state index contributed by atoms with van der Waals surface area (Å²) in [6, 6.07) is 6.45. The number of hydrogen-bond donors (Lipinski definition) is 1. The van der Waals surface area contributed by atoms with E-state index in [4.69, 9.17) is 5.73 Å². The molecule has 0 aliphatic heterocycles. The molecule has 2 N–H and O–H groups in total. The molecule has 1 unspecified atom stereocenters. The topological polar surface area (TPSA) is 26.0 Å². The Kier molecular flexibility index (Phi) is 4.42. The van der Waals surface area contributed by atoms with Gasteiger partial charge in [0.2, 0.25) is 0 Å². The van der Waals surface area contributed by atoms with E-state index in [2.05, 4.69) is 34.1 Å². The van der Waals surface area contributed by atoms with Crippen molar-refractivity contribution in [1.29, 1.82) is 0 Å². The van der Waals surface area contributed by atoms with Crippen molar-refractivity contribution in [3.05, 3.63) is 33.8 Å². The van der Waals surface area contributed by atoms with E-state index >= 15 is 0 Å². The van der Waals surface area contributed by atoms with Gasteiger partial charge in [0.25, 0.3) is 0 Å². The first-order chi connectivity index (χ1) is 6.33. The van der Waals surface area contributed by atoms with Crippen LogP contribution in [0.15, 0.2) is 22.7 Å². The highest BCUT2D eigenvalue weighted by atomic mass is 79.9. The third-order valence-electron chi connectivity index (χ3n) is 2.86. The average Bonchev–Trinajstić information content (AvgIpc) is 2.18. The zero-order valence-electron chi connectivity index (χ0n) is 8.00. The summed E-state index contributed by atoms with van der Waals surface area (Å²) >= 11 is 3.60.